The van der Waals surface area contributed by atoms with Gasteiger partial charge in [0.25, 0.3) is 10.0 Å². The first-order valence-electron chi connectivity index (χ1n) is 9.10. The molecule has 3 aromatic rings. The molecule has 0 atom stereocenters. The minimum absolute atomic E-state index is 0.00262. The van der Waals surface area contributed by atoms with Crippen LogP contribution in [0, 0.1) is 13.8 Å². The summed E-state index contributed by atoms with van der Waals surface area (Å²) < 4.78 is 55.2. The quantitative estimate of drug-likeness (QED) is 0.458. The van der Waals surface area contributed by atoms with Gasteiger partial charge in [0.05, 0.1) is 10.6 Å². The van der Waals surface area contributed by atoms with E-state index in [0.717, 1.165) is 11.1 Å². The lowest BCUT2D eigenvalue weighted by Crippen LogP contribution is -2.16. The number of hydrogen-bond donors (Lipinski definition) is 2. The number of hydrogen-bond acceptors (Lipinski definition) is 4. The zero-order valence-electron chi connectivity index (χ0n) is 16.7. The Hall–Kier alpha value is -2.26. The largest absolute Gasteiger partial charge is 0.283 e. The van der Waals surface area contributed by atoms with Gasteiger partial charge in [0.15, 0.2) is 0 Å². The highest BCUT2D eigenvalue weighted by Crippen LogP contribution is 2.27. The van der Waals surface area contributed by atoms with Crippen LogP contribution in [0.25, 0.3) is 0 Å². The fourth-order valence-corrected chi connectivity index (χ4v) is 5.79. The van der Waals surface area contributed by atoms with Crippen molar-refractivity contribution in [2.75, 3.05) is 9.44 Å². The number of nitrogens with one attached hydrogen (secondary N) is 2. The first-order chi connectivity index (χ1) is 14.5. The number of aryl methyl sites for hydroxylation is 2. The van der Waals surface area contributed by atoms with Crippen molar-refractivity contribution in [1.29, 1.82) is 0 Å². The van der Waals surface area contributed by atoms with Crippen LogP contribution in [0.1, 0.15) is 16.7 Å². The Morgan fingerprint density at radius 2 is 1.32 bits per heavy atom. The van der Waals surface area contributed by atoms with Crippen molar-refractivity contribution in [3.05, 3.63) is 87.4 Å². The molecule has 3 aromatic carbocycles. The van der Waals surface area contributed by atoms with Crippen molar-refractivity contribution in [2.24, 2.45) is 0 Å². The molecule has 0 fully saturated rings. The SMILES string of the molecule is Cc1ccc(NS(=O)(=O)c2ccc(NS(=O)(=O)Cc3c(Cl)cccc3Cl)cc2)cc1C. The molecular weight excluding hydrogens is 479 g/mol. The Labute approximate surface area is 192 Å². The molecule has 164 valence electrons. The summed E-state index contributed by atoms with van der Waals surface area (Å²) in [5.74, 6) is -0.417. The Bertz CT molecular complexity index is 1300. The molecule has 0 heterocycles. The zero-order valence-corrected chi connectivity index (χ0v) is 19.8. The molecule has 0 radical (unpaired) electrons. The van der Waals surface area contributed by atoms with Gasteiger partial charge in [0.2, 0.25) is 10.0 Å². The van der Waals surface area contributed by atoms with Crippen molar-refractivity contribution >= 4 is 54.6 Å². The summed E-state index contributed by atoms with van der Waals surface area (Å²) >= 11 is 12.1. The summed E-state index contributed by atoms with van der Waals surface area (Å²) in [4.78, 5) is 0.00262. The predicted octanol–water partition coefficient (Wildman–Crippen LogP) is 5.35. The Morgan fingerprint density at radius 1 is 0.742 bits per heavy atom. The molecule has 0 saturated carbocycles. The molecule has 31 heavy (non-hydrogen) atoms. The summed E-state index contributed by atoms with van der Waals surface area (Å²) in [6.07, 6.45) is 0. The summed E-state index contributed by atoms with van der Waals surface area (Å²) in [6, 6.07) is 15.4. The molecule has 0 saturated heterocycles. The molecule has 0 aliphatic heterocycles. The van der Waals surface area contributed by atoms with Crippen molar-refractivity contribution in [1.82, 2.24) is 0 Å². The van der Waals surface area contributed by atoms with Crippen molar-refractivity contribution in [3.8, 4) is 0 Å². The van der Waals surface area contributed by atoms with Gasteiger partial charge in [-0.15, -0.1) is 0 Å². The molecule has 3 rings (SSSR count). The first kappa shape index (κ1) is 23.4. The molecule has 0 aromatic heterocycles. The third-order valence-corrected chi connectivity index (χ3v) is 7.91. The molecule has 0 unspecified atom stereocenters. The fourth-order valence-electron chi connectivity index (χ4n) is 2.80. The number of sulfonamides is 2. The van der Waals surface area contributed by atoms with Gasteiger partial charge in [-0.05, 0) is 73.5 Å². The third kappa shape index (κ3) is 5.92. The number of rotatable bonds is 7. The van der Waals surface area contributed by atoms with E-state index in [1.165, 1.54) is 24.3 Å². The lowest BCUT2D eigenvalue weighted by molar-refractivity contribution is 0.599. The van der Waals surface area contributed by atoms with Crippen molar-refractivity contribution in [3.63, 3.8) is 0 Å². The van der Waals surface area contributed by atoms with E-state index >= 15 is 0 Å². The second-order valence-electron chi connectivity index (χ2n) is 6.99. The molecule has 10 heteroatoms. The molecule has 2 N–H and O–H groups in total. The lowest BCUT2D eigenvalue weighted by Gasteiger charge is -2.12. The normalized spacial score (nSPS) is 11.9. The maximum absolute atomic E-state index is 12.6. The van der Waals surface area contributed by atoms with Crippen LogP contribution in [0.3, 0.4) is 0 Å². The van der Waals surface area contributed by atoms with Gasteiger partial charge >= 0.3 is 0 Å². The number of anilines is 2. The van der Waals surface area contributed by atoms with E-state index in [1.807, 2.05) is 19.9 Å². The average Bonchev–Trinajstić information content (AvgIpc) is 2.68. The van der Waals surface area contributed by atoms with Crippen LogP contribution in [-0.4, -0.2) is 16.8 Å². The summed E-state index contributed by atoms with van der Waals surface area (Å²) in [5.41, 5.74) is 2.97. The van der Waals surface area contributed by atoms with Gasteiger partial charge in [-0.25, -0.2) is 16.8 Å². The Balaban J connectivity index is 1.75. The minimum Gasteiger partial charge on any atom is -0.283 e. The standard InChI is InChI=1S/C21H20Cl2N2O4S2/c1-14-6-7-17(12-15(14)2)25-31(28,29)18-10-8-16(9-11-18)24-30(26,27)13-19-20(22)4-3-5-21(19)23/h3-12,24-25H,13H2,1-2H3. The predicted molar refractivity (Wildman–Crippen MR) is 126 cm³/mol. The van der Waals surface area contributed by atoms with E-state index in [1.54, 1.807) is 30.3 Å². The molecule has 0 amide bonds. The summed E-state index contributed by atoms with van der Waals surface area (Å²) in [6.45, 7) is 3.83. The lowest BCUT2D eigenvalue weighted by atomic mass is 10.1. The Kier molecular flexibility index (Phi) is 6.85. The van der Waals surface area contributed by atoms with E-state index in [0.29, 0.717) is 5.69 Å². The third-order valence-electron chi connectivity index (χ3n) is 4.59. The molecule has 0 bridgehead atoms. The van der Waals surface area contributed by atoms with E-state index in [4.69, 9.17) is 23.2 Å². The van der Waals surface area contributed by atoms with Crippen LogP contribution >= 0.6 is 23.2 Å². The van der Waals surface area contributed by atoms with Crippen LogP contribution in [0.4, 0.5) is 11.4 Å². The van der Waals surface area contributed by atoms with Crippen LogP contribution < -0.4 is 9.44 Å². The van der Waals surface area contributed by atoms with Crippen molar-refractivity contribution in [2.45, 2.75) is 24.5 Å². The van der Waals surface area contributed by atoms with Crippen molar-refractivity contribution < 1.29 is 16.8 Å². The Morgan fingerprint density at radius 3 is 1.90 bits per heavy atom. The smallest absolute Gasteiger partial charge is 0.261 e. The van der Waals surface area contributed by atoms with E-state index in [9.17, 15) is 16.8 Å². The summed E-state index contributed by atoms with van der Waals surface area (Å²) in [5, 5.41) is 0.494. The first-order valence-corrected chi connectivity index (χ1v) is 13.0. The van der Waals surface area contributed by atoms with E-state index < -0.39 is 25.8 Å². The molecular formula is C21H20Cl2N2O4S2. The number of halogens is 2. The van der Waals surface area contributed by atoms with Gasteiger partial charge in [-0.1, -0.05) is 35.3 Å². The maximum Gasteiger partial charge on any atom is 0.261 e. The van der Waals surface area contributed by atoms with Gasteiger partial charge in [-0.2, -0.15) is 0 Å². The molecule has 0 aliphatic rings. The minimum atomic E-state index is -3.83. The molecule has 0 spiro atoms. The number of benzene rings is 3. The second kappa shape index (κ2) is 9.08. The van der Waals surface area contributed by atoms with Gasteiger partial charge in [-0.3, -0.25) is 9.44 Å². The van der Waals surface area contributed by atoms with Crippen LogP contribution in [0.15, 0.2) is 65.6 Å². The van der Waals surface area contributed by atoms with E-state index in [-0.39, 0.29) is 26.2 Å². The van der Waals surface area contributed by atoms with Gasteiger partial charge in [0, 0.05) is 27.0 Å². The van der Waals surface area contributed by atoms with Gasteiger partial charge in [0.1, 0.15) is 0 Å². The summed E-state index contributed by atoms with van der Waals surface area (Å²) in [7, 11) is -7.65. The highest BCUT2D eigenvalue weighted by Gasteiger charge is 2.18. The highest BCUT2D eigenvalue weighted by atomic mass is 35.5. The molecule has 0 aliphatic carbocycles. The van der Waals surface area contributed by atoms with Crippen LogP contribution in [-0.2, 0) is 25.8 Å². The van der Waals surface area contributed by atoms with Gasteiger partial charge < -0.3 is 0 Å². The topological polar surface area (TPSA) is 92.3 Å². The monoisotopic (exact) mass is 498 g/mol. The highest BCUT2D eigenvalue weighted by molar-refractivity contribution is 7.92. The van der Waals surface area contributed by atoms with Crippen LogP contribution in [0.2, 0.25) is 10.0 Å². The average molecular weight is 499 g/mol. The second-order valence-corrected chi connectivity index (χ2v) is 11.2. The fraction of sp³-hybridized carbons (Fsp3) is 0.143. The molecule has 6 nitrogen and oxygen atoms in total. The maximum atomic E-state index is 12.6. The zero-order chi connectivity index (χ0) is 22.8. The van der Waals surface area contributed by atoms with Crippen LogP contribution in [0.5, 0.6) is 0 Å². The van der Waals surface area contributed by atoms with E-state index in [2.05, 4.69) is 9.44 Å².